The Bertz CT molecular complexity index is 753. The first-order chi connectivity index (χ1) is 11.1. The zero-order chi connectivity index (χ0) is 16.2. The van der Waals surface area contributed by atoms with Gasteiger partial charge in [0.05, 0.1) is 10.2 Å². The molecule has 0 bridgehead atoms. The molecule has 3 aromatic rings. The van der Waals surface area contributed by atoms with Crippen LogP contribution in [0.5, 0.6) is 0 Å². The van der Waals surface area contributed by atoms with Crippen LogP contribution >= 0.6 is 22.7 Å². The van der Waals surface area contributed by atoms with E-state index in [9.17, 15) is 15.0 Å². The molecule has 0 fully saturated rings. The number of benzene rings is 1. The highest BCUT2D eigenvalue weighted by atomic mass is 32.1. The normalized spacial score (nSPS) is 13.8. The number of fused-ring (bicyclic) bond motifs is 1. The van der Waals surface area contributed by atoms with Gasteiger partial charge < -0.3 is 15.5 Å². The maximum atomic E-state index is 12.0. The predicted octanol–water partition coefficient (Wildman–Crippen LogP) is 2.11. The summed E-state index contributed by atoms with van der Waals surface area (Å²) >= 11 is 2.89. The summed E-state index contributed by atoms with van der Waals surface area (Å²) in [6, 6.07) is 11.4. The van der Waals surface area contributed by atoms with E-state index in [1.54, 1.807) is 11.3 Å². The number of aliphatic hydroxyl groups excluding tert-OH is 2. The van der Waals surface area contributed by atoms with Crippen LogP contribution in [0.3, 0.4) is 0 Å². The van der Waals surface area contributed by atoms with Crippen LogP contribution in [-0.4, -0.2) is 33.8 Å². The summed E-state index contributed by atoms with van der Waals surface area (Å²) in [5.74, 6) is -0.590. The topological polar surface area (TPSA) is 82.5 Å². The largest absolute Gasteiger partial charge is 0.383 e. The number of nitrogens with zero attached hydrogens (tertiary/aromatic N) is 1. The molecule has 3 N–H and O–H groups in total. The molecule has 0 radical (unpaired) electrons. The van der Waals surface area contributed by atoms with Gasteiger partial charge in [-0.25, -0.2) is 4.98 Å². The fourth-order valence-corrected chi connectivity index (χ4v) is 3.86. The van der Waals surface area contributed by atoms with E-state index in [2.05, 4.69) is 10.3 Å². The van der Waals surface area contributed by atoms with E-state index in [1.165, 1.54) is 11.3 Å². The number of aliphatic hydroxyl groups is 2. The van der Waals surface area contributed by atoms with Gasteiger partial charge in [0.15, 0.2) is 6.10 Å². The van der Waals surface area contributed by atoms with Gasteiger partial charge in [-0.1, -0.05) is 18.2 Å². The zero-order valence-corrected chi connectivity index (χ0v) is 13.8. The van der Waals surface area contributed by atoms with Crippen molar-refractivity contribution in [2.24, 2.45) is 0 Å². The summed E-state index contributed by atoms with van der Waals surface area (Å²) in [6.07, 6.45) is -2.15. The molecule has 0 saturated carbocycles. The number of carbonyl (C=O) groups is 1. The fraction of sp³-hybridized carbons (Fsp3) is 0.250. The van der Waals surface area contributed by atoms with Gasteiger partial charge in [0, 0.05) is 11.4 Å². The molecule has 2 unspecified atom stereocenters. The number of amides is 1. The van der Waals surface area contributed by atoms with Crippen LogP contribution in [0, 0.1) is 0 Å². The number of rotatable bonds is 6. The molecular weight excluding hydrogens is 332 g/mol. The van der Waals surface area contributed by atoms with Crippen LogP contribution in [0.2, 0.25) is 0 Å². The molecule has 7 heteroatoms. The number of hydrogen-bond acceptors (Lipinski definition) is 6. The van der Waals surface area contributed by atoms with Crippen molar-refractivity contribution in [3.8, 4) is 0 Å². The maximum Gasteiger partial charge on any atom is 0.252 e. The van der Waals surface area contributed by atoms with Gasteiger partial charge in [-0.05, 0) is 30.0 Å². The van der Waals surface area contributed by atoms with Gasteiger partial charge in [0.25, 0.3) is 5.91 Å². The SMILES string of the molecule is O=C(NCCc1cccs1)C(O)C(O)c1nc2ccccc2s1. The third kappa shape index (κ3) is 3.76. The number of hydrogen-bond donors (Lipinski definition) is 3. The molecule has 0 aliphatic heterocycles. The lowest BCUT2D eigenvalue weighted by Gasteiger charge is -2.15. The van der Waals surface area contributed by atoms with Crippen molar-refractivity contribution < 1.29 is 15.0 Å². The molecule has 0 spiro atoms. The molecule has 2 atom stereocenters. The van der Waals surface area contributed by atoms with Gasteiger partial charge in [-0.2, -0.15) is 0 Å². The fourth-order valence-electron chi connectivity index (χ4n) is 2.16. The molecule has 23 heavy (non-hydrogen) atoms. The number of thiazole rings is 1. The summed E-state index contributed by atoms with van der Waals surface area (Å²) in [5, 5.41) is 25.2. The second-order valence-electron chi connectivity index (χ2n) is 5.03. The summed E-state index contributed by atoms with van der Waals surface area (Å²) in [6.45, 7) is 0.420. The molecule has 1 aromatic carbocycles. The smallest absolute Gasteiger partial charge is 0.252 e. The number of nitrogens with one attached hydrogen (secondary N) is 1. The molecule has 0 aliphatic carbocycles. The van der Waals surface area contributed by atoms with Crippen molar-refractivity contribution in [2.75, 3.05) is 6.54 Å². The molecule has 2 aromatic heterocycles. The Morgan fingerprint density at radius 1 is 1.22 bits per heavy atom. The van der Waals surface area contributed by atoms with E-state index < -0.39 is 18.1 Å². The third-order valence-corrected chi connectivity index (χ3v) is 5.43. The quantitative estimate of drug-likeness (QED) is 0.637. The number of aromatic nitrogens is 1. The van der Waals surface area contributed by atoms with E-state index in [-0.39, 0.29) is 0 Å². The van der Waals surface area contributed by atoms with Gasteiger partial charge in [0.1, 0.15) is 11.1 Å². The molecular formula is C16H16N2O3S2. The highest BCUT2D eigenvalue weighted by molar-refractivity contribution is 7.18. The van der Waals surface area contributed by atoms with E-state index in [1.807, 2.05) is 41.8 Å². The van der Waals surface area contributed by atoms with Crippen molar-refractivity contribution in [1.82, 2.24) is 10.3 Å². The van der Waals surface area contributed by atoms with E-state index in [0.29, 0.717) is 18.0 Å². The maximum absolute atomic E-state index is 12.0. The molecule has 120 valence electrons. The Hall–Kier alpha value is -1.80. The van der Waals surface area contributed by atoms with Crippen molar-refractivity contribution >= 4 is 38.8 Å². The molecule has 2 heterocycles. The first-order valence-corrected chi connectivity index (χ1v) is 8.86. The standard InChI is InChI=1S/C16H16N2O3S2/c19-13(15(21)17-8-7-10-4-3-9-22-10)14(20)16-18-11-5-1-2-6-12(11)23-16/h1-6,9,13-14,19-20H,7-8H2,(H,17,21). The monoisotopic (exact) mass is 348 g/mol. The molecule has 3 rings (SSSR count). The summed E-state index contributed by atoms with van der Waals surface area (Å²) in [5.41, 5.74) is 0.747. The lowest BCUT2D eigenvalue weighted by molar-refractivity contribution is -0.135. The van der Waals surface area contributed by atoms with Crippen LogP contribution in [0.4, 0.5) is 0 Å². The highest BCUT2D eigenvalue weighted by Crippen LogP contribution is 2.27. The van der Waals surface area contributed by atoms with Crippen molar-refractivity contribution in [3.63, 3.8) is 0 Å². The molecule has 1 amide bonds. The zero-order valence-electron chi connectivity index (χ0n) is 12.2. The minimum absolute atomic E-state index is 0.340. The van der Waals surface area contributed by atoms with Gasteiger partial charge in [-0.3, -0.25) is 4.79 Å². The van der Waals surface area contributed by atoms with Gasteiger partial charge >= 0.3 is 0 Å². The van der Waals surface area contributed by atoms with Gasteiger partial charge in [-0.15, -0.1) is 22.7 Å². The summed E-state index contributed by atoms with van der Waals surface area (Å²) in [4.78, 5) is 17.4. The molecule has 0 saturated heterocycles. The Morgan fingerprint density at radius 2 is 2.04 bits per heavy atom. The van der Waals surface area contributed by atoms with Crippen molar-refractivity contribution in [3.05, 3.63) is 51.7 Å². The number of carbonyl (C=O) groups excluding carboxylic acids is 1. The first kappa shape index (κ1) is 16.1. The summed E-state index contributed by atoms with van der Waals surface area (Å²) < 4.78 is 0.909. The molecule has 5 nitrogen and oxygen atoms in total. The second kappa shape index (κ2) is 7.18. The minimum atomic E-state index is -1.53. The van der Waals surface area contributed by atoms with Crippen LogP contribution in [0.15, 0.2) is 41.8 Å². The Kier molecular flexibility index (Phi) is 5.02. The number of thiophene rings is 1. The van der Waals surface area contributed by atoms with Crippen LogP contribution in [-0.2, 0) is 11.2 Å². The van der Waals surface area contributed by atoms with Crippen molar-refractivity contribution in [2.45, 2.75) is 18.6 Å². The van der Waals surface area contributed by atoms with E-state index in [4.69, 9.17) is 0 Å². The van der Waals surface area contributed by atoms with Crippen LogP contribution < -0.4 is 5.32 Å². The second-order valence-corrected chi connectivity index (χ2v) is 7.12. The third-order valence-electron chi connectivity index (χ3n) is 3.38. The van der Waals surface area contributed by atoms with Crippen LogP contribution in [0.1, 0.15) is 16.0 Å². The van der Waals surface area contributed by atoms with E-state index >= 15 is 0 Å². The predicted molar refractivity (Wildman–Crippen MR) is 91.6 cm³/mol. The lowest BCUT2D eigenvalue weighted by atomic mass is 10.2. The average Bonchev–Trinajstić information content (AvgIpc) is 3.22. The Balaban J connectivity index is 1.59. The van der Waals surface area contributed by atoms with Crippen LogP contribution in [0.25, 0.3) is 10.2 Å². The first-order valence-electron chi connectivity index (χ1n) is 7.17. The average molecular weight is 348 g/mol. The Labute approximate surface area is 141 Å². The summed E-state index contributed by atoms with van der Waals surface area (Å²) in [7, 11) is 0. The van der Waals surface area contributed by atoms with Crippen molar-refractivity contribution in [1.29, 1.82) is 0 Å². The number of para-hydroxylation sites is 1. The molecule has 0 aliphatic rings. The Morgan fingerprint density at radius 3 is 2.78 bits per heavy atom. The van der Waals surface area contributed by atoms with Gasteiger partial charge in [0.2, 0.25) is 0 Å². The minimum Gasteiger partial charge on any atom is -0.383 e. The highest BCUT2D eigenvalue weighted by Gasteiger charge is 2.28. The lowest BCUT2D eigenvalue weighted by Crippen LogP contribution is -2.39. The van der Waals surface area contributed by atoms with E-state index in [0.717, 1.165) is 15.1 Å².